The lowest BCUT2D eigenvalue weighted by Crippen LogP contribution is -2.11. The number of rotatable bonds is 0. The van der Waals surface area contributed by atoms with Gasteiger partial charge in [0.1, 0.15) is 0 Å². The molecular formula is C7H13B. The van der Waals surface area contributed by atoms with Gasteiger partial charge in [0.25, 0.3) is 0 Å². The lowest BCUT2D eigenvalue weighted by Gasteiger charge is -2.29. The van der Waals surface area contributed by atoms with Gasteiger partial charge in [-0.1, -0.05) is 44.3 Å². The van der Waals surface area contributed by atoms with E-state index in [0.29, 0.717) is 0 Å². The number of hydrogen-bond acceptors (Lipinski definition) is 0. The van der Waals surface area contributed by atoms with Crippen LogP contribution in [0.1, 0.15) is 39.0 Å². The van der Waals surface area contributed by atoms with Crippen molar-refractivity contribution in [1.82, 2.24) is 0 Å². The third-order valence-corrected chi connectivity index (χ3v) is 2.00. The zero-order valence-electron chi connectivity index (χ0n) is 5.61. The molecule has 0 aromatic heterocycles. The smallest absolute Gasteiger partial charge is 0.0688 e. The predicted molar refractivity (Wildman–Crippen MR) is 37.2 cm³/mol. The molecule has 1 rings (SSSR count). The molecule has 0 aliphatic heterocycles. The van der Waals surface area contributed by atoms with Crippen molar-refractivity contribution < 1.29 is 0 Å². The molecule has 0 nitrogen and oxygen atoms in total. The highest BCUT2D eigenvalue weighted by Crippen LogP contribution is 2.38. The van der Waals surface area contributed by atoms with Crippen molar-refractivity contribution in [2.75, 3.05) is 0 Å². The highest BCUT2D eigenvalue weighted by molar-refractivity contribution is 6.14. The van der Waals surface area contributed by atoms with Gasteiger partial charge in [0.2, 0.25) is 0 Å². The van der Waals surface area contributed by atoms with E-state index in [2.05, 4.69) is 6.92 Å². The van der Waals surface area contributed by atoms with Crippen LogP contribution in [0.15, 0.2) is 0 Å². The second-order valence-electron chi connectivity index (χ2n) is 3.21. The third kappa shape index (κ3) is 1.54. The molecule has 0 heterocycles. The molecule has 0 unspecified atom stereocenters. The van der Waals surface area contributed by atoms with Gasteiger partial charge in [0.15, 0.2) is 0 Å². The Balaban J connectivity index is 2.33. The average Bonchev–Trinajstić information content (AvgIpc) is 1.65. The first-order valence-electron chi connectivity index (χ1n) is 3.50. The maximum absolute atomic E-state index is 5.88. The molecule has 0 spiro atoms. The Morgan fingerprint density at radius 1 is 1.12 bits per heavy atom. The van der Waals surface area contributed by atoms with E-state index in [1.807, 2.05) is 0 Å². The summed E-state index contributed by atoms with van der Waals surface area (Å²) in [6.45, 7) is 2.16. The highest BCUT2D eigenvalue weighted by Gasteiger charge is 2.19. The van der Waals surface area contributed by atoms with E-state index >= 15 is 0 Å². The van der Waals surface area contributed by atoms with Crippen LogP contribution in [0.2, 0.25) is 5.31 Å². The molecular weight excluding hydrogens is 94.9 g/mol. The van der Waals surface area contributed by atoms with Gasteiger partial charge in [-0.15, -0.1) is 0 Å². The fourth-order valence-corrected chi connectivity index (χ4v) is 1.36. The van der Waals surface area contributed by atoms with Crippen LogP contribution in [0.5, 0.6) is 0 Å². The summed E-state index contributed by atoms with van der Waals surface area (Å²) < 4.78 is 0. The summed E-state index contributed by atoms with van der Waals surface area (Å²) in [5, 5.41) is 0.179. The van der Waals surface area contributed by atoms with Crippen LogP contribution < -0.4 is 0 Å². The summed E-state index contributed by atoms with van der Waals surface area (Å²) in [6, 6.07) is 0. The molecule has 0 aromatic rings. The molecule has 0 amide bonds. The Morgan fingerprint density at radius 3 is 1.88 bits per heavy atom. The van der Waals surface area contributed by atoms with Crippen molar-refractivity contribution in [1.29, 1.82) is 0 Å². The predicted octanol–water partition coefficient (Wildman–Crippen LogP) is 2.30. The molecule has 44 valence electrons. The lowest BCUT2D eigenvalue weighted by atomic mass is 9.62. The van der Waals surface area contributed by atoms with E-state index in [0.717, 1.165) is 0 Å². The molecule has 0 atom stereocenters. The fraction of sp³-hybridized carbons (Fsp3) is 1.00. The fourth-order valence-electron chi connectivity index (χ4n) is 1.36. The summed E-state index contributed by atoms with van der Waals surface area (Å²) in [4.78, 5) is 0. The second kappa shape index (κ2) is 2.12. The summed E-state index contributed by atoms with van der Waals surface area (Å²) in [5.41, 5.74) is 0. The van der Waals surface area contributed by atoms with E-state index in [4.69, 9.17) is 7.85 Å². The van der Waals surface area contributed by atoms with E-state index in [1.54, 1.807) is 0 Å². The van der Waals surface area contributed by atoms with Crippen molar-refractivity contribution >= 4 is 7.85 Å². The van der Waals surface area contributed by atoms with Gasteiger partial charge >= 0.3 is 0 Å². The normalized spacial score (nSPS) is 27.6. The largest absolute Gasteiger partial charge is 0.0742 e. The molecule has 8 heavy (non-hydrogen) atoms. The van der Waals surface area contributed by atoms with E-state index in [1.165, 1.54) is 32.1 Å². The average molecular weight is 108 g/mol. The molecule has 1 aliphatic carbocycles. The van der Waals surface area contributed by atoms with Crippen molar-refractivity contribution in [3.63, 3.8) is 0 Å². The quantitative estimate of drug-likeness (QED) is 0.417. The van der Waals surface area contributed by atoms with Crippen LogP contribution >= 0.6 is 0 Å². The van der Waals surface area contributed by atoms with Crippen LogP contribution in [0.25, 0.3) is 0 Å². The van der Waals surface area contributed by atoms with E-state index in [9.17, 15) is 0 Å². The summed E-state index contributed by atoms with van der Waals surface area (Å²) in [7, 11) is 5.88. The molecule has 1 saturated carbocycles. The van der Waals surface area contributed by atoms with Crippen molar-refractivity contribution in [3.05, 3.63) is 0 Å². The first-order chi connectivity index (χ1) is 3.71. The lowest BCUT2D eigenvalue weighted by molar-refractivity contribution is 0.404. The van der Waals surface area contributed by atoms with Crippen LogP contribution in [-0.4, -0.2) is 7.85 Å². The van der Waals surface area contributed by atoms with E-state index < -0.39 is 0 Å². The third-order valence-electron chi connectivity index (χ3n) is 2.00. The minimum absolute atomic E-state index is 0.179. The van der Waals surface area contributed by atoms with Crippen molar-refractivity contribution in [2.45, 2.75) is 44.3 Å². The van der Waals surface area contributed by atoms with Gasteiger partial charge in [-0.05, 0) is 0 Å². The summed E-state index contributed by atoms with van der Waals surface area (Å²) >= 11 is 0. The van der Waals surface area contributed by atoms with Crippen LogP contribution in [0.4, 0.5) is 0 Å². The van der Waals surface area contributed by atoms with Gasteiger partial charge in [0, 0.05) is 0 Å². The molecule has 1 fully saturated rings. The second-order valence-corrected chi connectivity index (χ2v) is 3.21. The molecule has 0 bridgehead atoms. The standard InChI is InChI=1S/C7H13B/c1-7(8)5-3-2-4-6-7/h2-6H2,1H3. The first-order valence-corrected chi connectivity index (χ1v) is 3.50. The molecule has 0 N–H and O–H groups in total. The zero-order valence-corrected chi connectivity index (χ0v) is 5.61. The van der Waals surface area contributed by atoms with Crippen LogP contribution in [0, 0.1) is 0 Å². The van der Waals surface area contributed by atoms with Crippen LogP contribution in [0.3, 0.4) is 0 Å². The van der Waals surface area contributed by atoms with E-state index in [-0.39, 0.29) is 5.31 Å². The minimum Gasteiger partial charge on any atom is -0.0688 e. The maximum Gasteiger partial charge on any atom is 0.0742 e. The van der Waals surface area contributed by atoms with Crippen molar-refractivity contribution in [2.24, 2.45) is 0 Å². The van der Waals surface area contributed by atoms with Gasteiger partial charge in [-0.2, -0.15) is 0 Å². The van der Waals surface area contributed by atoms with Gasteiger partial charge in [0.05, 0.1) is 7.85 Å². The first kappa shape index (κ1) is 6.19. The Morgan fingerprint density at radius 2 is 1.62 bits per heavy atom. The SMILES string of the molecule is [B]C1(C)CCCCC1. The molecule has 0 aromatic carbocycles. The Labute approximate surface area is 53.1 Å². The number of hydrogen-bond donors (Lipinski definition) is 0. The highest BCUT2D eigenvalue weighted by atomic mass is 14.2. The Bertz CT molecular complexity index is 68.5. The Kier molecular flexibility index (Phi) is 1.64. The zero-order chi connectivity index (χ0) is 6.04. The summed E-state index contributed by atoms with van der Waals surface area (Å²) in [5.74, 6) is 0. The van der Waals surface area contributed by atoms with Crippen molar-refractivity contribution in [3.8, 4) is 0 Å². The molecule has 1 heteroatoms. The molecule has 2 radical (unpaired) electrons. The maximum atomic E-state index is 5.88. The van der Waals surface area contributed by atoms with Crippen LogP contribution in [-0.2, 0) is 0 Å². The molecule has 0 saturated heterocycles. The monoisotopic (exact) mass is 108 g/mol. The minimum atomic E-state index is 0.179. The van der Waals surface area contributed by atoms with Gasteiger partial charge in [-0.25, -0.2) is 0 Å². The topological polar surface area (TPSA) is 0 Å². The summed E-state index contributed by atoms with van der Waals surface area (Å²) in [6.07, 6.45) is 6.53. The Hall–Kier alpha value is 0.0649. The molecule has 1 aliphatic rings. The van der Waals surface area contributed by atoms with Gasteiger partial charge in [-0.3, -0.25) is 0 Å². The van der Waals surface area contributed by atoms with Gasteiger partial charge < -0.3 is 0 Å².